The summed E-state index contributed by atoms with van der Waals surface area (Å²) in [5.74, 6) is -0.264. The highest BCUT2D eigenvalue weighted by atomic mass is 16.5. The molecule has 0 spiro atoms. The molecule has 0 fully saturated rings. The number of hydrogen-bond acceptors (Lipinski definition) is 4. The standard InChI is InChI=1S/C5H8O2.C3H10N2/c1-3-4-7-5(2)6;1-3(5)2-4/h3H,1,4H2,2H3;3H,2,4-5H2,1H3. The number of ether oxygens (including phenoxy) is 1. The zero-order chi connectivity index (χ0) is 9.98. The van der Waals surface area contributed by atoms with Crippen molar-refractivity contribution in [3.8, 4) is 0 Å². The van der Waals surface area contributed by atoms with Crippen LogP contribution in [0.1, 0.15) is 13.8 Å². The number of rotatable bonds is 3. The molecule has 1 unspecified atom stereocenters. The van der Waals surface area contributed by atoms with E-state index in [1.54, 1.807) is 0 Å². The maximum Gasteiger partial charge on any atom is 0.302 e. The van der Waals surface area contributed by atoms with E-state index in [0.717, 1.165) is 0 Å². The number of hydrogen-bond donors (Lipinski definition) is 2. The third kappa shape index (κ3) is 22.9. The lowest BCUT2D eigenvalue weighted by atomic mass is 10.4. The second-order valence-electron chi connectivity index (χ2n) is 2.30. The first-order chi connectivity index (χ1) is 5.54. The van der Waals surface area contributed by atoms with E-state index in [9.17, 15) is 4.79 Å². The van der Waals surface area contributed by atoms with Crippen LogP contribution in [0.4, 0.5) is 0 Å². The van der Waals surface area contributed by atoms with Crippen LogP contribution in [-0.4, -0.2) is 25.2 Å². The molecule has 4 nitrogen and oxygen atoms in total. The highest BCUT2D eigenvalue weighted by Gasteiger charge is 1.83. The molecule has 0 saturated carbocycles. The van der Waals surface area contributed by atoms with Gasteiger partial charge in [-0.3, -0.25) is 4.79 Å². The molecule has 0 heterocycles. The van der Waals surface area contributed by atoms with Gasteiger partial charge in [-0.15, -0.1) is 0 Å². The Hall–Kier alpha value is -0.870. The summed E-state index contributed by atoms with van der Waals surface area (Å²) in [4.78, 5) is 9.93. The Kier molecular flexibility index (Phi) is 11.6. The maximum absolute atomic E-state index is 9.93. The van der Waals surface area contributed by atoms with Crippen molar-refractivity contribution >= 4 is 5.97 Å². The van der Waals surface area contributed by atoms with Crippen molar-refractivity contribution < 1.29 is 9.53 Å². The molecular formula is C8H18N2O2. The molecule has 0 saturated heterocycles. The molecule has 4 N–H and O–H groups in total. The first-order valence-corrected chi connectivity index (χ1v) is 3.74. The predicted octanol–water partition coefficient (Wildman–Crippen LogP) is 0.0278. The Morgan fingerprint density at radius 2 is 2.17 bits per heavy atom. The van der Waals surface area contributed by atoms with E-state index in [1.165, 1.54) is 13.0 Å². The van der Waals surface area contributed by atoms with Gasteiger partial charge in [0.1, 0.15) is 6.61 Å². The monoisotopic (exact) mass is 174 g/mol. The van der Waals surface area contributed by atoms with Crippen LogP contribution in [0, 0.1) is 0 Å². The van der Waals surface area contributed by atoms with Crippen molar-refractivity contribution in [2.45, 2.75) is 19.9 Å². The topological polar surface area (TPSA) is 78.3 Å². The fourth-order valence-electron chi connectivity index (χ4n) is 0.176. The van der Waals surface area contributed by atoms with Crippen molar-refractivity contribution in [2.75, 3.05) is 13.2 Å². The fraction of sp³-hybridized carbons (Fsp3) is 0.625. The van der Waals surface area contributed by atoms with Crippen LogP contribution in [0.5, 0.6) is 0 Å². The van der Waals surface area contributed by atoms with Gasteiger partial charge in [0.05, 0.1) is 0 Å². The van der Waals surface area contributed by atoms with E-state index in [-0.39, 0.29) is 12.0 Å². The SMILES string of the molecule is C=CCOC(C)=O.CC(N)CN. The fourth-order valence-corrected chi connectivity index (χ4v) is 0.176. The molecule has 72 valence electrons. The molecule has 0 rings (SSSR count). The lowest BCUT2D eigenvalue weighted by molar-refractivity contribution is -0.139. The van der Waals surface area contributed by atoms with Crippen molar-refractivity contribution in [1.29, 1.82) is 0 Å². The predicted molar refractivity (Wildman–Crippen MR) is 49.5 cm³/mol. The molecule has 0 aromatic rings. The van der Waals surface area contributed by atoms with Crippen LogP contribution in [0.3, 0.4) is 0 Å². The van der Waals surface area contributed by atoms with Crippen molar-refractivity contribution in [3.05, 3.63) is 12.7 Å². The van der Waals surface area contributed by atoms with Crippen molar-refractivity contribution in [3.63, 3.8) is 0 Å². The summed E-state index contributed by atoms with van der Waals surface area (Å²) in [7, 11) is 0. The van der Waals surface area contributed by atoms with E-state index >= 15 is 0 Å². The summed E-state index contributed by atoms with van der Waals surface area (Å²) in [6, 6.07) is 0.162. The highest BCUT2D eigenvalue weighted by molar-refractivity contribution is 5.65. The summed E-state index contributed by atoms with van der Waals surface area (Å²) in [6.45, 7) is 7.49. The normalized spacial score (nSPS) is 10.7. The summed E-state index contributed by atoms with van der Waals surface area (Å²) in [5.41, 5.74) is 10.2. The number of esters is 1. The van der Waals surface area contributed by atoms with Crippen molar-refractivity contribution in [2.24, 2.45) is 11.5 Å². The minimum Gasteiger partial charge on any atom is -0.462 e. The Morgan fingerprint density at radius 3 is 2.25 bits per heavy atom. The van der Waals surface area contributed by atoms with Gasteiger partial charge in [0.2, 0.25) is 0 Å². The van der Waals surface area contributed by atoms with Gasteiger partial charge in [-0.05, 0) is 6.92 Å². The molecule has 12 heavy (non-hydrogen) atoms. The third-order valence-corrected chi connectivity index (χ3v) is 0.776. The van der Waals surface area contributed by atoms with E-state index in [1.807, 2.05) is 6.92 Å². The summed E-state index contributed by atoms with van der Waals surface area (Å²) in [5, 5.41) is 0. The molecule has 0 aliphatic carbocycles. The smallest absolute Gasteiger partial charge is 0.302 e. The minimum atomic E-state index is -0.264. The Labute approximate surface area is 73.6 Å². The quantitative estimate of drug-likeness (QED) is 0.467. The second kappa shape index (κ2) is 10.1. The van der Waals surface area contributed by atoms with Gasteiger partial charge in [-0.2, -0.15) is 0 Å². The van der Waals surface area contributed by atoms with Crippen LogP contribution < -0.4 is 11.5 Å². The van der Waals surface area contributed by atoms with Gasteiger partial charge in [0, 0.05) is 19.5 Å². The van der Waals surface area contributed by atoms with Gasteiger partial charge in [-0.25, -0.2) is 0 Å². The first kappa shape index (κ1) is 13.7. The summed E-state index contributed by atoms with van der Waals surface area (Å²) >= 11 is 0. The molecular weight excluding hydrogens is 156 g/mol. The average molecular weight is 174 g/mol. The van der Waals surface area contributed by atoms with Gasteiger partial charge in [0.15, 0.2) is 0 Å². The minimum absolute atomic E-state index is 0.162. The molecule has 4 heteroatoms. The average Bonchev–Trinajstić information content (AvgIpc) is 2.02. The maximum atomic E-state index is 9.93. The van der Waals surface area contributed by atoms with Crippen LogP contribution in [-0.2, 0) is 9.53 Å². The Balaban J connectivity index is 0. The first-order valence-electron chi connectivity index (χ1n) is 3.74. The van der Waals surface area contributed by atoms with E-state index in [2.05, 4.69) is 11.3 Å². The second-order valence-corrected chi connectivity index (χ2v) is 2.30. The van der Waals surface area contributed by atoms with E-state index in [0.29, 0.717) is 13.2 Å². The molecule has 0 radical (unpaired) electrons. The van der Waals surface area contributed by atoms with Gasteiger partial charge >= 0.3 is 5.97 Å². The zero-order valence-corrected chi connectivity index (χ0v) is 7.75. The molecule has 0 aliphatic rings. The zero-order valence-electron chi connectivity index (χ0n) is 7.75. The lowest BCUT2D eigenvalue weighted by Crippen LogP contribution is -2.25. The largest absolute Gasteiger partial charge is 0.462 e. The Bertz CT molecular complexity index is 124. The summed E-state index contributed by atoms with van der Waals surface area (Å²) < 4.78 is 4.43. The lowest BCUT2D eigenvalue weighted by Gasteiger charge is -1.92. The molecule has 1 atom stereocenters. The number of nitrogens with two attached hydrogens (primary N) is 2. The van der Waals surface area contributed by atoms with Crippen LogP contribution in [0.25, 0.3) is 0 Å². The van der Waals surface area contributed by atoms with Crippen LogP contribution in [0.15, 0.2) is 12.7 Å². The highest BCUT2D eigenvalue weighted by Crippen LogP contribution is 1.73. The van der Waals surface area contributed by atoms with Crippen LogP contribution in [0.2, 0.25) is 0 Å². The van der Waals surface area contributed by atoms with E-state index < -0.39 is 0 Å². The van der Waals surface area contributed by atoms with Gasteiger partial charge in [-0.1, -0.05) is 12.7 Å². The number of carbonyl (C=O) groups is 1. The van der Waals surface area contributed by atoms with Gasteiger partial charge in [0.25, 0.3) is 0 Å². The van der Waals surface area contributed by atoms with Gasteiger partial charge < -0.3 is 16.2 Å². The summed E-state index contributed by atoms with van der Waals surface area (Å²) in [6.07, 6.45) is 1.53. The Morgan fingerprint density at radius 1 is 1.75 bits per heavy atom. The van der Waals surface area contributed by atoms with Crippen LogP contribution >= 0.6 is 0 Å². The number of carbonyl (C=O) groups excluding carboxylic acids is 1. The molecule has 0 aromatic carbocycles. The molecule has 0 amide bonds. The molecule has 0 aromatic heterocycles. The molecule has 0 bridgehead atoms. The third-order valence-electron chi connectivity index (χ3n) is 0.776. The van der Waals surface area contributed by atoms with E-state index in [4.69, 9.17) is 11.5 Å². The molecule has 0 aliphatic heterocycles. The van der Waals surface area contributed by atoms with Crippen molar-refractivity contribution in [1.82, 2.24) is 0 Å².